The van der Waals surface area contributed by atoms with Crippen molar-refractivity contribution in [2.75, 3.05) is 25.5 Å². The van der Waals surface area contributed by atoms with Gasteiger partial charge in [-0.05, 0) is 25.3 Å². The predicted octanol–water partition coefficient (Wildman–Crippen LogP) is 1.88. The lowest BCUT2D eigenvalue weighted by Gasteiger charge is -2.41. The number of hydrogen-bond donors (Lipinski definition) is 1. The van der Waals surface area contributed by atoms with Crippen molar-refractivity contribution in [2.24, 2.45) is 0 Å². The minimum absolute atomic E-state index is 0.0147. The zero-order valence-corrected chi connectivity index (χ0v) is 12.0. The summed E-state index contributed by atoms with van der Waals surface area (Å²) >= 11 is 1.60. The van der Waals surface area contributed by atoms with Gasteiger partial charge in [0.1, 0.15) is 16.5 Å². The standard InChI is InChI=1S/C13H18N4OS/c1-13(2)8-18-5-4-17(13)7-10-15-11(14)9-3-6-19-12(9)16-10/h3,6H,4-5,7-8H2,1-2H3,(H2,14,15,16). The lowest BCUT2D eigenvalue weighted by molar-refractivity contribution is -0.0562. The summed E-state index contributed by atoms with van der Waals surface area (Å²) in [6.45, 7) is 7.48. The Balaban J connectivity index is 1.88. The van der Waals surface area contributed by atoms with Crippen LogP contribution in [0.15, 0.2) is 11.4 Å². The molecule has 1 aliphatic rings. The van der Waals surface area contributed by atoms with E-state index in [1.165, 1.54) is 0 Å². The van der Waals surface area contributed by atoms with Gasteiger partial charge in [0, 0.05) is 12.1 Å². The molecular formula is C13H18N4OS. The molecule has 0 aromatic carbocycles. The summed E-state index contributed by atoms with van der Waals surface area (Å²) in [4.78, 5) is 12.3. The molecule has 0 spiro atoms. The highest BCUT2D eigenvalue weighted by atomic mass is 32.1. The number of thiophene rings is 1. The van der Waals surface area contributed by atoms with Gasteiger partial charge in [0.25, 0.3) is 0 Å². The number of nitrogen functional groups attached to an aromatic ring is 1. The fourth-order valence-electron chi connectivity index (χ4n) is 2.35. The quantitative estimate of drug-likeness (QED) is 0.908. The number of rotatable bonds is 2. The van der Waals surface area contributed by atoms with Crippen LogP contribution in [0.3, 0.4) is 0 Å². The lowest BCUT2D eigenvalue weighted by atomic mass is 10.0. The van der Waals surface area contributed by atoms with Gasteiger partial charge < -0.3 is 10.5 Å². The van der Waals surface area contributed by atoms with E-state index >= 15 is 0 Å². The Morgan fingerprint density at radius 2 is 2.32 bits per heavy atom. The Labute approximate surface area is 116 Å². The van der Waals surface area contributed by atoms with Crippen molar-refractivity contribution >= 4 is 27.4 Å². The number of ether oxygens (including phenoxy) is 1. The molecule has 3 heterocycles. The molecule has 19 heavy (non-hydrogen) atoms. The minimum Gasteiger partial charge on any atom is -0.383 e. The maximum absolute atomic E-state index is 5.99. The Hall–Kier alpha value is -1.24. The highest BCUT2D eigenvalue weighted by Crippen LogP contribution is 2.25. The summed E-state index contributed by atoms with van der Waals surface area (Å²) in [6, 6.07) is 1.97. The average molecular weight is 278 g/mol. The van der Waals surface area contributed by atoms with Crippen LogP contribution in [0.2, 0.25) is 0 Å². The van der Waals surface area contributed by atoms with Crippen LogP contribution >= 0.6 is 11.3 Å². The van der Waals surface area contributed by atoms with E-state index in [2.05, 4.69) is 28.7 Å². The van der Waals surface area contributed by atoms with E-state index in [4.69, 9.17) is 10.5 Å². The van der Waals surface area contributed by atoms with Crippen molar-refractivity contribution < 1.29 is 4.74 Å². The van der Waals surface area contributed by atoms with Gasteiger partial charge in [-0.15, -0.1) is 11.3 Å². The Morgan fingerprint density at radius 3 is 3.11 bits per heavy atom. The molecule has 0 bridgehead atoms. The van der Waals surface area contributed by atoms with Crippen molar-refractivity contribution in [3.63, 3.8) is 0 Å². The molecule has 3 rings (SSSR count). The summed E-state index contributed by atoms with van der Waals surface area (Å²) in [6.07, 6.45) is 0. The lowest BCUT2D eigenvalue weighted by Crippen LogP contribution is -2.52. The molecule has 0 aliphatic carbocycles. The fraction of sp³-hybridized carbons (Fsp3) is 0.538. The first kappa shape index (κ1) is 12.8. The second-order valence-electron chi connectivity index (χ2n) is 5.45. The molecule has 2 aromatic rings. The molecule has 1 fully saturated rings. The molecule has 6 heteroatoms. The van der Waals surface area contributed by atoms with Crippen molar-refractivity contribution in [3.8, 4) is 0 Å². The van der Waals surface area contributed by atoms with Crippen LogP contribution in [0.25, 0.3) is 10.2 Å². The first-order valence-electron chi connectivity index (χ1n) is 6.39. The average Bonchev–Trinajstić information content (AvgIpc) is 2.80. The zero-order chi connectivity index (χ0) is 13.5. The molecule has 0 atom stereocenters. The molecule has 0 radical (unpaired) electrons. The van der Waals surface area contributed by atoms with Gasteiger partial charge >= 0.3 is 0 Å². The van der Waals surface area contributed by atoms with Gasteiger partial charge in [0.2, 0.25) is 0 Å². The molecule has 1 saturated heterocycles. The van der Waals surface area contributed by atoms with Gasteiger partial charge in [-0.2, -0.15) is 0 Å². The third-order valence-corrected chi connectivity index (χ3v) is 4.36. The normalized spacial score (nSPS) is 19.9. The van der Waals surface area contributed by atoms with Crippen molar-refractivity contribution in [2.45, 2.75) is 25.9 Å². The molecule has 1 aliphatic heterocycles. The summed E-state index contributed by atoms with van der Waals surface area (Å²) < 4.78 is 5.53. The Bertz CT molecular complexity index is 595. The maximum Gasteiger partial charge on any atom is 0.146 e. The number of anilines is 1. The van der Waals surface area contributed by atoms with E-state index in [-0.39, 0.29) is 5.54 Å². The molecule has 0 saturated carbocycles. The van der Waals surface area contributed by atoms with Gasteiger partial charge in [0.05, 0.1) is 25.1 Å². The van der Waals surface area contributed by atoms with Crippen LogP contribution in [0.1, 0.15) is 19.7 Å². The Morgan fingerprint density at radius 1 is 1.47 bits per heavy atom. The number of hydrogen-bond acceptors (Lipinski definition) is 6. The van der Waals surface area contributed by atoms with E-state index in [1.54, 1.807) is 11.3 Å². The SMILES string of the molecule is CC1(C)COCCN1Cc1nc(N)c2ccsc2n1. The summed E-state index contributed by atoms with van der Waals surface area (Å²) in [7, 11) is 0. The van der Waals surface area contributed by atoms with Crippen LogP contribution in [0.4, 0.5) is 5.82 Å². The minimum atomic E-state index is 0.0147. The van der Waals surface area contributed by atoms with E-state index in [0.29, 0.717) is 12.4 Å². The second kappa shape index (κ2) is 4.70. The smallest absolute Gasteiger partial charge is 0.146 e. The van der Waals surface area contributed by atoms with E-state index in [9.17, 15) is 0 Å². The molecule has 2 N–H and O–H groups in total. The second-order valence-corrected chi connectivity index (χ2v) is 6.35. The summed E-state index contributed by atoms with van der Waals surface area (Å²) in [5.41, 5.74) is 6.00. The number of fused-ring (bicyclic) bond motifs is 1. The van der Waals surface area contributed by atoms with Crippen LogP contribution in [0, 0.1) is 0 Å². The van der Waals surface area contributed by atoms with Crippen molar-refractivity contribution in [1.82, 2.24) is 14.9 Å². The molecule has 102 valence electrons. The van der Waals surface area contributed by atoms with Crippen LogP contribution < -0.4 is 5.73 Å². The van der Waals surface area contributed by atoms with Gasteiger partial charge in [-0.25, -0.2) is 9.97 Å². The Kier molecular flexibility index (Phi) is 3.16. The molecule has 5 nitrogen and oxygen atoms in total. The first-order valence-corrected chi connectivity index (χ1v) is 7.27. The fourth-order valence-corrected chi connectivity index (χ4v) is 3.14. The van der Waals surface area contributed by atoms with E-state index in [1.807, 2.05) is 11.4 Å². The highest BCUT2D eigenvalue weighted by molar-refractivity contribution is 7.16. The van der Waals surface area contributed by atoms with Gasteiger partial charge in [-0.3, -0.25) is 4.90 Å². The van der Waals surface area contributed by atoms with Crippen LogP contribution in [-0.2, 0) is 11.3 Å². The number of nitrogens with two attached hydrogens (primary N) is 1. The summed E-state index contributed by atoms with van der Waals surface area (Å²) in [5.74, 6) is 1.37. The number of aromatic nitrogens is 2. The van der Waals surface area contributed by atoms with E-state index in [0.717, 1.165) is 35.8 Å². The van der Waals surface area contributed by atoms with Crippen LogP contribution in [-0.4, -0.2) is 40.2 Å². The number of morpholine rings is 1. The monoisotopic (exact) mass is 278 g/mol. The first-order chi connectivity index (χ1) is 9.06. The third-order valence-electron chi connectivity index (χ3n) is 3.55. The third kappa shape index (κ3) is 2.43. The molecule has 2 aromatic heterocycles. The molecule has 0 amide bonds. The van der Waals surface area contributed by atoms with Crippen LogP contribution in [0.5, 0.6) is 0 Å². The largest absolute Gasteiger partial charge is 0.383 e. The van der Waals surface area contributed by atoms with E-state index < -0.39 is 0 Å². The topological polar surface area (TPSA) is 64.3 Å². The van der Waals surface area contributed by atoms with Gasteiger partial charge in [0.15, 0.2) is 0 Å². The van der Waals surface area contributed by atoms with Gasteiger partial charge in [-0.1, -0.05) is 0 Å². The zero-order valence-electron chi connectivity index (χ0n) is 11.2. The predicted molar refractivity (Wildman–Crippen MR) is 77.1 cm³/mol. The maximum atomic E-state index is 5.99. The summed E-state index contributed by atoms with van der Waals surface area (Å²) in [5, 5.41) is 2.95. The van der Waals surface area contributed by atoms with Crippen molar-refractivity contribution in [3.05, 3.63) is 17.3 Å². The number of nitrogens with zero attached hydrogens (tertiary/aromatic N) is 3. The van der Waals surface area contributed by atoms with Crippen molar-refractivity contribution in [1.29, 1.82) is 0 Å². The molecular weight excluding hydrogens is 260 g/mol. The molecule has 0 unspecified atom stereocenters. The highest BCUT2D eigenvalue weighted by Gasteiger charge is 2.31.